The third-order valence-electron chi connectivity index (χ3n) is 5.84. The van der Waals surface area contributed by atoms with Crippen LogP contribution < -0.4 is 0 Å². The van der Waals surface area contributed by atoms with Crippen LogP contribution >= 0.6 is 0 Å². The summed E-state index contributed by atoms with van der Waals surface area (Å²) in [4.78, 5) is 22.7. The molecule has 0 aliphatic carbocycles. The number of aromatic nitrogens is 3. The second-order valence-electron chi connectivity index (χ2n) is 7.87. The summed E-state index contributed by atoms with van der Waals surface area (Å²) in [5.74, 6) is 0.697. The molecule has 0 spiro atoms. The van der Waals surface area contributed by atoms with Gasteiger partial charge >= 0.3 is 0 Å². The highest BCUT2D eigenvalue weighted by Crippen LogP contribution is 2.28. The molecule has 1 amide bonds. The number of hydrogen-bond acceptors (Lipinski definition) is 5. The molecule has 4 heterocycles. The number of carbonyl (C=O) groups excluding carboxylic acids is 1. The smallest absolute Gasteiger partial charge is 0.254 e. The maximum absolute atomic E-state index is 13.5. The van der Waals surface area contributed by atoms with E-state index in [2.05, 4.69) is 37.7 Å². The lowest BCUT2D eigenvalue weighted by Crippen LogP contribution is -2.38. The molecular formula is C22H29N5O2. The highest BCUT2D eigenvalue weighted by molar-refractivity contribution is 6.06. The van der Waals surface area contributed by atoms with Crippen LogP contribution in [0.2, 0.25) is 0 Å². The molecule has 0 N–H and O–H groups in total. The van der Waals surface area contributed by atoms with Crippen molar-refractivity contribution in [2.45, 2.75) is 46.2 Å². The van der Waals surface area contributed by atoms with Gasteiger partial charge in [0.2, 0.25) is 0 Å². The van der Waals surface area contributed by atoms with E-state index in [0.717, 1.165) is 43.6 Å². The van der Waals surface area contributed by atoms with E-state index in [4.69, 9.17) is 9.40 Å². The number of hydrogen-bond donors (Lipinski definition) is 0. The van der Waals surface area contributed by atoms with Crippen molar-refractivity contribution in [3.8, 4) is 11.5 Å². The largest absolute Gasteiger partial charge is 0.463 e. The predicted molar refractivity (Wildman–Crippen MR) is 113 cm³/mol. The molecule has 1 atom stereocenters. The summed E-state index contributed by atoms with van der Waals surface area (Å²) in [6.45, 7) is 12.0. The summed E-state index contributed by atoms with van der Waals surface area (Å²) < 4.78 is 7.42. The third-order valence-corrected chi connectivity index (χ3v) is 5.84. The fourth-order valence-electron chi connectivity index (χ4n) is 4.26. The van der Waals surface area contributed by atoms with Crippen molar-refractivity contribution in [1.82, 2.24) is 24.6 Å². The zero-order chi connectivity index (χ0) is 20.5. The first-order valence-corrected chi connectivity index (χ1v) is 10.5. The zero-order valence-corrected chi connectivity index (χ0v) is 17.6. The monoisotopic (exact) mass is 395 g/mol. The lowest BCUT2D eigenvalue weighted by molar-refractivity contribution is 0.0780. The van der Waals surface area contributed by atoms with E-state index in [-0.39, 0.29) is 11.9 Å². The van der Waals surface area contributed by atoms with Gasteiger partial charge < -0.3 is 9.32 Å². The van der Waals surface area contributed by atoms with Gasteiger partial charge in [0.25, 0.3) is 5.91 Å². The SMILES string of the molecule is CCN(CC)C1CCN(C(=O)c2cc(-c3ccco3)nc3c2cnn3C(C)C)C1. The van der Waals surface area contributed by atoms with Gasteiger partial charge in [0.05, 0.1) is 23.4 Å². The molecule has 1 unspecified atom stereocenters. The molecule has 1 fully saturated rings. The first-order valence-electron chi connectivity index (χ1n) is 10.5. The average molecular weight is 396 g/mol. The summed E-state index contributed by atoms with van der Waals surface area (Å²) in [7, 11) is 0. The molecular weight excluding hydrogens is 366 g/mol. The number of pyridine rings is 1. The molecule has 1 saturated heterocycles. The van der Waals surface area contributed by atoms with E-state index < -0.39 is 0 Å². The molecule has 29 heavy (non-hydrogen) atoms. The van der Waals surface area contributed by atoms with Gasteiger partial charge in [0.1, 0.15) is 5.69 Å². The topological polar surface area (TPSA) is 67.4 Å². The Morgan fingerprint density at radius 2 is 2.14 bits per heavy atom. The van der Waals surface area contributed by atoms with Crippen LogP contribution in [0.3, 0.4) is 0 Å². The van der Waals surface area contributed by atoms with E-state index in [9.17, 15) is 4.79 Å². The third kappa shape index (κ3) is 3.55. The molecule has 0 bridgehead atoms. The Hall–Kier alpha value is -2.67. The number of amides is 1. The predicted octanol–water partition coefficient (Wildman–Crippen LogP) is 3.83. The van der Waals surface area contributed by atoms with Crippen LogP contribution in [0.1, 0.15) is 50.5 Å². The van der Waals surface area contributed by atoms with E-state index in [1.54, 1.807) is 12.5 Å². The van der Waals surface area contributed by atoms with Gasteiger partial charge in [-0.05, 0) is 51.6 Å². The second-order valence-corrected chi connectivity index (χ2v) is 7.87. The molecule has 1 aliphatic rings. The molecule has 0 aromatic carbocycles. The van der Waals surface area contributed by atoms with Crippen molar-refractivity contribution in [3.05, 3.63) is 36.2 Å². The second kappa shape index (κ2) is 7.99. The highest BCUT2D eigenvalue weighted by atomic mass is 16.3. The lowest BCUT2D eigenvalue weighted by Gasteiger charge is -2.26. The van der Waals surface area contributed by atoms with Gasteiger partial charge in [-0.25, -0.2) is 9.67 Å². The van der Waals surface area contributed by atoms with Crippen molar-refractivity contribution in [2.75, 3.05) is 26.2 Å². The highest BCUT2D eigenvalue weighted by Gasteiger charge is 2.31. The minimum atomic E-state index is 0.0446. The van der Waals surface area contributed by atoms with Crippen LogP contribution in [-0.2, 0) is 0 Å². The van der Waals surface area contributed by atoms with Crippen LogP contribution in [0.15, 0.2) is 35.1 Å². The van der Waals surface area contributed by atoms with Crippen molar-refractivity contribution < 1.29 is 9.21 Å². The molecule has 154 valence electrons. The first kappa shape index (κ1) is 19.6. The van der Waals surface area contributed by atoms with Crippen LogP contribution in [0.4, 0.5) is 0 Å². The summed E-state index contributed by atoms with van der Waals surface area (Å²) >= 11 is 0. The van der Waals surface area contributed by atoms with Gasteiger partial charge in [-0.15, -0.1) is 0 Å². The Bertz CT molecular complexity index is 988. The number of nitrogens with zero attached hydrogens (tertiary/aromatic N) is 5. The molecule has 7 nitrogen and oxygen atoms in total. The first-order chi connectivity index (χ1) is 14.0. The Labute approximate surface area is 171 Å². The van der Waals surface area contributed by atoms with E-state index in [1.165, 1.54) is 0 Å². The van der Waals surface area contributed by atoms with E-state index >= 15 is 0 Å². The summed E-state index contributed by atoms with van der Waals surface area (Å²) in [6.07, 6.45) is 4.40. The number of likely N-dealkylation sites (N-methyl/N-ethyl adjacent to an activating group) is 1. The Morgan fingerprint density at radius 1 is 1.34 bits per heavy atom. The van der Waals surface area contributed by atoms with Gasteiger partial charge in [-0.3, -0.25) is 9.69 Å². The Kier molecular flexibility index (Phi) is 5.41. The fraction of sp³-hybridized carbons (Fsp3) is 0.500. The normalized spacial score (nSPS) is 17.2. The average Bonchev–Trinajstić information content (AvgIpc) is 3.47. The van der Waals surface area contributed by atoms with Crippen molar-refractivity contribution in [2.24, 2.45) is 0 Å². The Balaban J connectivity index is 1.74. The number of rotatable bonds is 6. The van der Waals surface area contributed by atoms with Crippen LogP contribution in [0.25, 0.3) is 22.5 Å². The standard InChI is InChI=1S/C22H29N5O2/c1-5-25(6-2)16-9-10-26(14-16)22(28)17-12-19(20-8-7-11-29-20)24-21-18(17)13-23-27(21)15(3)4/h7-8,11-13,15-16H,5-6,9-10,14H2,1-4H3. The molecule has 0 saturated carbocycles. The number of furan rings is 1. The molecule has 7 heteroatoms. The molecule has 4 rings (SSSR count). The summed E-state index contributed by atoms with van der Waals surface area (Å²) in [5, 5.41) is 5.30. The number of likely N-dealkylation sites (tertiary alicyclic amines) is 1. The number of fused-ring (bicyclic) bond motifs is 1. The maximum Gasteiger partial charge on any atom is 0.254 e. The van der Waals surface area contributed by atoms with Crippen molar-refractivity contribution in [1.29, 1.82) is 0 Å². The van der Waals surface area contributed by atoms with Crippen LogP contribution in [0, 0.1) is 0 Å². The van der Waals surface area contributed by atoms with Crippen LogP contribution in [0.5, 0.6) is 0 Å². The molecule has 3 aromatic rings. The quantitative estimate of drug-likeness (QED) is 0.635. The van der Waals surface area contributed by atoms with E-state index in [0.29, 0.717) is 23.1 Å². The molecule has 0 radical (unpaired) electrons. The van der Waals surface area contributed by atoms with Crippen molar-refractivity contribution >= 4 is 16.9 Å². The summed E-state index contributed by atoms with van der Waals surface area (Å²) in [5.41, 5.74) is 2.03. The minimum Gasteiger partial charge on any atom is -0.463 e. The minimum absolute atomic E-state index is 0.0446. The molecule has 3 aromatic heterocycles. The maximum atomic E-state index is 13.5. The van der Waals surface area contributed by atoms with Gasteiger partial charge in [0, 0.05) is 25.2 Å². The molecule has 1 aliphatic heterocycles. The fourth-order valence-corrected chi connectivity index (χ4v) is 4.26. The van der Waals surface area contributed by atoms with E-state index in [1.807, 2.05) is 27.8 Å². The lowest BCUT2D eigenvalue weighted by atomic mass is 10.1. The summed E-state index contributed by atoms with van der Waals surface area (Å²) in [6, 6.07) is 6.12. The van der Waals surface area contributed by atoms with Crippen molar-refractivity contribution in [3.63, 3.8) is 0 Å². The zero-order valence-electron chi connectivity index (χ0n) is 17.6. The van der Waals surface area contributed by atoms with Gasteiger partial charge in [0.15, 0.2) is 11.4 Å². The van der Waals surface area contributed by atoms with Gasteiger partial charge in [-0.1, -0.05) is 13.8 Å². The Morgan fingerprint density at radius 3 is 2.79 bits per heavy atom. The van der Waals surface area contributed by atoms with Crippen LogP contribution in [-0.4, -0.2) is 62.7 Å². The van der Waals surface area contributed by atoms with Gasteiger partial charge in [-0.2, -0.15) is 5.10 Å². The number of carbonyl (C=O) groups is 1.